The first-order valence-corrected chi connectivity index (χ1v) is 4.11. The Morgan fingerprint density at radius 3 is 2.25 bits per heavy atom. The van der Waals surface area contributed by atoms with Crippen LogP contribution >= 0.6 is 0 Å². The third kappa shape index (κ3) is 1.44. The fourth-order valence-corrected chi connectivity index (χ4v) is 1.43. The predicted octanol–water partition coefficient (Wildman–Crippen LogP) is 2.32. The first-order chi connectivity index (χ1) is 5.46. The molecule has 0 aliphatic heterocycles. The third-order valence-corrected chi connectivity index (χ3v) is 1.85. The number of aryl methyl sites for hydroxylation is 1. The molecule has 3 nitrogen and oxygen atoms in total. The molecule has 0 bridgehead atoms. The van der Waals surface area contributed by atoms with E-state index >= 15 is 0 Å². The van der Waals surface area contributed by atoms with Crippen molar-refractivity contribution in [2.75, 3.05) is 12.4 Å². The molecule has 0 spiro atoms. The van der Waals surface area contributed by atoms with E-state index in [4.69, 9.17) is 4.52 Å². The molecule has 0 unspecified atom stereocenters. The van der Waals surface area contributed by atoms with Crippen LogP contribution in [-0.2, 0) is 5.41 Å². The van der Waals surface area contributed by atoms with E-state index in [-0.39, 0.29) is 5.41 Å². The van der Waals surface area contributed by atoms with Crippen molar-refractivity contribution in [3.8, 4) is 0 Å². The maximum absolute atomic E-state index is 5.10. The number of nitrogens with one attached hydrogen (secondary N) is 1. The lowest BCUT2D eigenvalue weighted by Gasteiger charge is -2.18. The average Bonchev–Trinajstić information content (AvgIpc) is 2.29. The highest BCUT2D eigenvalue weighted by atomic mass is 16.5. The molecule has 0 saturated heterocycles. The van der Waals surface area contributed by atoms with Crippen LogP contribution in [0.5, 0.6) is 0 Å². The van der Waals surface area contributed by atoms with Crippen LogP contribution in [-0.4, -0.2) is 12.2 Å². The summed E-state index contributed by atoms with van der Waals surface area (Å²) in [4.78, 5) is 0. The van der Waals surface area contributed by atoms with Gasteiger partial charge in [0, 0.05) is 12.6 Å². The van der Waals surface area contributed by atoms with Gasteiger partial charge in [-0.2, -0.15) is 0 Å². The molecular weight excluding hydrogens is 152 g/mol. The summed E-state index contributed by atoms with van der Waals surface area (Å²) < 4.78 is 5.10. The van der Waals surface area contributed by atoms with Crippen LogP contribution in [0.4, 0.5) is 5.82 Å². The molecule has 0 aromatic carbocycles. The molecule has 1 aromatic heterocycles. The van der Waals surface area contributed by atoms with Gasteiger partial charge in [-0.05, 0) is 12.3 Å². The number of hydrogen-bond acceptors (Lipinski definition) is 3. The van der Waals surface area contributed by atoms with Gasteiger partial charge in [0.1, 0.15) is 5.76 Å². The largest absolute Gasteiger partial charge is 0.370 e. The van der Waals surface area contributed by atoms with Gasteiger partial charge in [0.2, 0.25) is 0 Å². The highest BCUT2D eigenvalue weighted by Crippen LogP contribution is 2.31. The second kappa shape index (κ2) is 2.81. The van der Waals surface area contributed by atoms with Gasteiger partial charge in [0.05, 0.1) is 0 Å². The summed E-state index contributed by atoms with van der Waals surface area (Å²) in [5, 5.41) is 6.93. The molecule has 0 aliphatic rings. The van der Waals surface area contributed by atoms with Crippen molar-refractivity contribution in [1.29, 1.82) is 0 Å². The van der Waals surface area contributed by atoms with E-state index in [1.165, 1.54) is 0 Å². The molecule has 0 aliphatic carbocycles. The molecule has 1 N–H and O–H groups in total. The zero-order valence-electron chi connectivity index (χ0n) is 8.36. The Balaban J connectivity index is 3.19. The second-order valence-corrected chi connectivity index (χ2v) is 3.96. The molecule has 12 heavy (non-hydrogen) atoms. The third-order valence-electron chi connectivity index (χ3n) is 1.85. The van der Waals surface area contributed by atoms with Crippen LogP contribution in [0.1, 0.15) is 32.1 Å². The summed E-state index contributed by atoms with van der Waals surface area (Å²) in [6.07, 6.45) is 0. The van der Waals surface area contributed by atoms with Crippen molar-refractivity contribution >= 4 is 5.82 Å². The molecule has 0 radical (unpaired) electrons. The minimum atomic E-state index is 0.0857. The molecule has 1 rings (SSSR count). The normalized spacial score (nSPS) is 11.8. The zero-order valence-corrected chi connectivity index (χ0v) is 8.36. The Hall–Kier alpha value is -0.990. The molecule has 68 valence electrons. The summed E-state index contributed by atoms with van der Waals surface area (Å²) >= 11 is 0. The maximum atomic E-state index is 5.10. The van der Waals surface area contributed by atoms with Gasteiger partial charge in [-0.25, -0.2) is 0 Å². The average molecular weight is 168 g/mol. The Bertz CT molecular complexity index is 271. The number of rotatable bonds is 1. The Morgan fingerprint density at radius 1 is 1.33 bits per heavy atom. The van der Waals surface area contributed by atoms with Crippen LogP contribution in [0.2, 0.25) is 0 Å². The molecule has 1 aromatic rings. The first kappa shape index (κ1) is 9.10. The van der Waals surface area contributed by atoms with Gasteiger partial charge in [0.25, 0.3) is 0 Å². The van der Waals surface area contributed by atoms with Crippen molar-refractivity contribution in [3.05, 3.63) is 11.3 Å². The van der Waals surface area contributed by atoms with Crippen molar-refractivity contribution in [3.63, 3.8) is 0 Å². The molecule has 1 heterocycles. The SMILES string of the molecule is CNc1noc(C)c1C(C)(C)C. The highest BCUT2D eigenvalue weighted by Gasteiger charge is 2.24. The minimum absolute atomic E-state index is 0.0857. The van der Waals surface area contributed by atoms with Gasteiger partial charge in [-0.1, -0.05) is 25.9 Å². The predicted molar refractivity (Wildman–Crippen MR) is 49.5 cm³/mol. The van der Waals surface area contributed by atoms with E-state index in [2.05, 4.69) is 31.2 Å². The van der Waals surface area contributed by atoms with E-state index in [0.29, 0.717) is 0 Å². The Morgan fingerprint density at radius 2 is 1.92 bits per heavy atom. The first-order valence-electron chi connectivity index (χ1n) is 4.11. The van der Waals surface area contributed by atoms with E-state index in [1.807, 2.05) is 14.0 Å². The second-order valence-electron chi connectivity index (χ2n) is 3.96. The van der Waals surface area contributed by atoms with Gasteiger partial charge in [-0.15, -0.1) is 0 Å². The van der Waals surface area contributed by atoms with Crippen LogP contribution in [0.15, 0.2) is 4.52 Å². The topological polar surface area (TPSA) is 38.1 Å². The summed E-state index contributed by atoms with van der Waals surface area (Å²) in [7, 11) is 1.85. The lowest BCUT2D eigenvalue weighted by atomic mass is 9.87. The van der Waals surface area contributed by atoms with Crippen LogP contribution in [0.3, 0.4) is 0 Å². The zero-order chi connectivity index (χ0) is 9.35. The number of hydrogen-bond donors (Lipinski definition) is 1. The van der Waals surface area contributed by atoms with Gasteiger partial charge in [-0.3, -0.25) is 0 Å². The lowest BCUT2D eigenvalue weighted by molar-refractivity contribution is 0.394. The Labute approximate surface area is 73.1 Å². The molecule has 0 saturated carbocycles. The van der Waals surface area contributed by atoms with Gasteiger partial charge >= 0.3 is 0 Å². The monoisotopic (exact) mass is 168 g/mol. The Kier molecular flexibility index (Phi) is 2.13. The van der Waals surface area contributed by atoms with E-state index < -0.39 is 0 Å². The van der Waals surface area contributed by atoms with Crippen LogP contribution in [0.25, 0.3) is 0 Å². The maximum Gasteiger partial charge on any atom is 0.173 e. The number of aromatic nitrogens is 1. The fourth-order valence-electron chi connectivity index (χ4n) is 1.43. The fraction of sp³-hybridized carbons (Fsp3) is 0.667. The summed E-state index contributed by atoms with van der Waals surface area (Å²) in [6, 6.07) is 0. The van der Waals surface area contributed by atoms with Crippen molar-refractivity contribution < 1.29 is 4.52 Å². The molecule has 3 heteroatoms. The van der Waals surface area contributed by atoms with Gasteiger partial charge in [0.15, 0.2) is 5.82 Å². The molecular formula is C9H16N2O. The number of nitrogens with zero attached hydrogens (tertiary/aromatic N) is 1. The summed E-state index contributed by atoms with van der Waals surface area (Å²) in [6.45, 7) is 8.38. The van der Waals surface area contributed by atoms with Crippen LogP contribution in [0, 0.1) is 6.92 Å². The van der Waals surface area contributed by atoms with Crippen molar-refractivity contribution in [2.24, 2.45) is 0 Å². The smallest absolute Gasteiger partial charge is 0.173 e. The van der Waals surface area contributed by atoms with Crippen LogP contribution < -0.4 is 5.32 Å². The standard InChI is InChI=1S/C9H16N2O/c1-6-7(9(2,3)4)8(10-5)11-12-6/h1-5H3,(H,10,11). The lowest BCUT2D eigenvalue weighted by Crippen LogP contribution is -2.13. The quantitative estimate of drug-likeness (QED) is 0.699. The summed E-state index contributed by atoms with van der Waals surface area (Å²) in [5.41, 5.74) is 1.24. The molecule has 0 amide bonds. The minimum Gasteiger partial charge on any atom is -0.370 e. The highest BCUT2D eigenvalue weighted by molar-refractivity contribution is 5.48. The van der Waals surface area contributed by atoms with Gasteiger partial charge < -0.3 is 9.84 Å². The van der Waals surface area contributed by atoms with E-state index in [9.17, 15) is 0 Å². The molecule has 0 fully saturated rings. The molecule has 0 atom stereocenters. The van der Waals surface area contributed by atoms with E-state index in [0.717, 1.165) is 17.1 Å². The number of anilines is 1. The summed E-state index contributed by atoms with van der Waals surface area (Å²) in [5.74, 6) is 1.74. The van der Waals surface area contributed by atoms with Crippen molar-refractivity contribution in [2.45, 2.75) is 33.1 Å². The van der Waals surface area contributed by atoms with Crippen molar-refractivity contribution in [1.82, 2.24) is 5.16 Å². The van der Waals surface area contributed by atoms with E-state index in [1.54, 1.807) is 0 Å².